The lowest BCUT2D eigenvalue weighted by Crippen LogP contribution is -2.26. The van der Waals surface area contributed by atoms with E-state index in [0.717, 1.165) is 24.5 Å². The predicted molar refractivity (Wildman–Crippen MR) is 103 cm³/mol. The number of sulfonamides is 1. The number of fused-ring (bicyclic) bond motifs is 1. The fourth-order valence-electron chi connectivity index (χ4n) is 2.76. The lowest BCUT2D eigenvalue weighted by molar-refractivity contribution is 0.0923. The third-order valence-electron chi connectivity index (χ3n) is 4.44. The van der Waals surface area contributed by atoms with Crippen molar-refractivity contribution < 1.29 is 17.6 Å². The molecule has 1 fully saturated rings. The number of para-hydroxylation sites is 1. The molecule has 2 aromatic carbocycles. The first-order valence-corrected chi connectivity index (χ1v) is 10.3. The third kappa shape index (κ3) is 3.97. The van der Waals surface area contributed by atoms with Crippen LogP contribution in [0.25, 0.3) is 11.0 Å². The second-order valence-corrected chi connectivity index (χ2v) is 8.41. The number of nitrogens with one attached hydrogen (secondary N) is 2. The van der Waals surface area contributed by atoms with E-state index in [9.17, 15) is 18.0 Å². The third-order valence-corrected chi connectivity index (χ3v) is 5.98. The van der Waals surface area contributed by atoms with E-state index in [1.807, 2.05) is 0 Å². The molecule has 28 heavy (non-hydrogen) atoms. The fraction of sp³-hybridized carbons (Fsp3) is 0.200. The molecule has 1 aromatic heterocycles. The van der Waals surface area contributed by atoms with Crippen molar-refractivity contribution in [2.24, 2.45) is 0 Å². The Hall–Kier alpha value is -2.97. The largest absolute Gasteiger partial charge is 0.451 e. The van der Waals surface area contributed by atoms with Gasteiger partial charge in [-0.15, -0.1) is 0 Å². The SMILES string of the molecule is O=C(NCc1ccc(S(=O)(=O)NC2CC2)cc1)c1cc(=O)c2ccccc2o1. The summed E-state index contributed by atoms with van der Waals surface area (Å²) in [6.45, 7) is 0.172. The van der Waals surface area contributed by atoms with Crippen molar-refractivity contribution in [3.8, 4) is 0 Å². The van der Waals surface area contributed by atoms with Crippen molar-refractivity contribution in [3.05, 3.63) is 76.1 Å². The van der Waals surface area contributed by atoms with Gasteiger partial charge in [-0.2, -0.15) is 0 Å². The lowest BCUT2D eigenvalue weighted by Gasteiger charge is -2.08. The Morgan fingerprint density at radius 2 is 1.79 bits per heavy atom. The maximum Gasteiger partial charge on any atom is 0.287 e. The van der Waals surface area contributed by atoms with E-state index in [4.69, 9.17) is 4.42 Å². The van der Waals surface area contributed by atoms with Crippen LogP contribution in [0.15, 0.2) is 68.7 Å². The molecule has 1 heterocycles. The van der Waals surface area contributed by atoms with Crippen LogP contribution < -0.4 is 15.5 Å². The highest BCUT2D eigenvalue weighted by molar-refractivity contribution is 7.89. The number of hydrogen-bond acceptors (Lipinski definition) is 5. The van der Waals surface area contributed by atoms with Crippen molar-refractivity contribution in [2.45, 2.75) is 30.3 Å². The summed E-state index contributed by atoms with van der Waals surface area (Å²) >= 11 is 0. The van der Waals surface area contributed by atoms with Crippen molar-refractivity contribution in [1.29, 1.82) is 0 Å². The Labute approximate surface area is 161 Å². The van der Waals surface area contributed by atoms with Crippen LogP contribution in [0.5, 0.6) is 0 Å². The van der Waals surface area contributed by atoms with Gasteiger partial charge in [-0.25, -0.2) is 13.1 Å². The van der Waals surface area contributed by atoms with E-state index in [1.165, 1.54) is 12.1 Å². The van der Waals surface area contributed by atoms with E-state index in [1.54, 1.807) is 36.4 Å². The minimum atomic E-state index is -3.50. The van der Waals surface area contributed by atoms with Gasteiger partial charge in [0.1, 0.15) is 5.58 Å². The van der Waals surface area contributed by atoms with Crippen LogP contribution in [-0.4, -0.2) is 20.4 Å². The second-order valence-electron chi connectivity index (χ2n) is 6.69. The van der Waals surface area contributed by atoms with Gasteiger partial charge in [-0.3, -0.25) is 9.59 Å². The van der Waals surface area contributed by atoms with Gasteiger partial charge in [-0.05, 0) is 42.7 Å². The summed E-state index contributed by atoms with van der Waals surface area (Å²) in [5, 5.41) is 3.08. The number of hydrogen-bond donors (Lipinski definition) is 2. The number of benzene rings is 2. The zero-order chi connectivity index (χ0) is 19.7. The van der Waals surface area contributed by atoms with Crippen molar-refractivity contribution in [1.82, 2.24) is 10.0 Å². The van der Waals surface area contributed by atoms with Crippen molar-refractivity contribution >= 4 is 26.9 Å². The normalized spacial score (nSPS) is 14.1. The van der Waals surface area contributed by atoms with E-state index < -0.39 is 15.9 Å². The van der Waals surface area contributed by atoms with Crippen LogP contribution in [0.4, 0.5) is 0 Å². The summed E-state index contributed by atoms with van der Waals surface area (Å²) in [5.74, 6) is -0.591. The molecule has 3 aromatic rings. The van der Waals surface area contributed by atoms with Crippen molar-refractivity contribution in [2.75, 3.05) is 0 Å². The Bertz CT molecular complexity index is 1200. The van der Waals surface area contributed by atoms with Crippen LogP contribution in [0.3, 0.4) is 0 Å². The van der Waals surface area contributed by atoms with Crippen LogP contribution in [0.1, 0.15) is 29.0 Å². The second kappa shape index (κ2) is 7.21. The monoisotopic (exact) mass is 398 g/mol. The molecule has 0 spiro atoms. The van der Waals surface area contributed by atoms with Crippen LogP contribution in [0, 0.1) is 0 Å². The average Bonchev–Trinajstić information content (AvgIpc) is 3.49. The molecule has 1 amide bonds. The molecule has 0 atom stereocenters. The van der Waals surface area contributed by atoms with E-state index in [0.29, 0.717) is 11.0 Å². The van der Waals surface area contributed by atoms with Crippen molar-refractivity contribution in [3.63, 3.8) is 0 Å². The van der Waals surface area contributed by atoms with Crippen LogP contribution in [0.2, 0.25) is 0 Å². The van der Waals surface area contributed by atoms with Gasteiger partial charge in [0.05, 0.1) is 10.3 Å². The minimum absolute atomic E-state index is 0.0422. The van der Waals surface area contributed by atoms with Gasteiger partial charge in [0.2, 0.25) is 10.0 Å². The molecule has 7 nitrogen and oxygen atoms in total. The van der Waals surface area contributed by atoms with E-state index >= 15 is 0 Å². The van der Waals surface area contributed by atoms with Crippen LogP contribution in [-0.2, 0) is 16.6 Å². The van der Waals surface area contributed by atoms with E-state index in [-0.39, 0.29) is 28.7 Å². The summed E-state index contributed by atoms with van der Waals surface area (Å²) in [7, 11) is -3.50. The lowest BCUT2D eigenvalue weighted by atomic mass is 10.2. The molecular weight excluding hydrogens is 380 g/mol. The number of rotatable bonds is 6. The van der Waals surface area contributed by atoms with Gasteiger partial charge in [0.25, 0.3) is 5.91 Å². The molecule has 1 saturated carbocycles. The summed E-state index contributed by atoms with van der Waals surface area (Å²) in [5.41, 5.74) is 0.782. The van der Waals surface area contributed by atoms with E-state index in [2.05, 4.69) is 10.0 Å². The number of amides is 1. The smallest absolute Gasteiger partial charge is 0.287 e. The quantitative estimate of drug-likeness (QED) is 0.662. The first kappa shape index (κ1) is 18.4. The Kier molecular flexibility index (Phi) is 4.74. The summed E-state index contributed by atoms with van der Waals surface area (Å²) in [6.07, 6.45) is 1.74. The molecule has 8 heteroatoms. The number of carbonyl (C=O) groups excluding carboxylic acids is 1. The van der Waals surface area contributed by atoms with Gasteiger partial charge in [0.15, 0.2) is 11.2 Å². The summed E-state index contributed by atoms with van der Waals surface area (Å²) in [6, 6.07) is 14.2. The molecule has 0 radical (unpaired) electrons. The molecule has 144 valence electrons. The van der Waals surface area contributed by atoms with Gasteiger partial charge in [0, 0.05) is 18.7 Å². The maximum atomic E-state index is 12.3. The van der Waals surface area contributed by atoms with Gasteiger partial charge >= 0.3 is 0 Å². The first-order valence-electron chi connectivity index (χ1n) is 8.85. The maximum absolute atomic E-state index is 12.3. The molecule has 0 saturated heterocycles. The molecule has 0 unspecified atom stereocenters. The molecule has 0 bridgehead atoms. The first-order chi connectivity index (χ1) is 13.4. The fourth-order valence-corrected chi connectivity index (χ4v) is 4.07. The standard InChI is InChI=1S/C20H18N2O5S/c23-17-11-19(27-18-4-2-1-3-16(17)18)20(24)21-12-13-5-9-15(10-6-13)28(25,26)22-14-7-8-14/h1-6,9-11,14,22H,7-8,12H2,(H,21,24). The zero-order valence-electron chi connectivity index (χ0n) is 14.8. The molecular formula is C20H18N2O5S. The molecule has 2 N–H and O–H groups in total. The Morgan fingerprint density at radius 1 is 1.07 bits per heavy atom. The number of carbonyl (C=O) groups is 1. The molecule has 1 aliphatic carbocycles. The highest BCUT2D eigenvalue weighted by Gasteiger charge is 2.27. The molecule has 0 aliphatic heterocycles. The molecule has 1 aliphatic rings. The Morgan fingerprint density at radius 3 is 2.50 bits per heavy atom. The van der Waals surface area contributed by atoms with Gasteiger partial charge in [-0.1, -0.05) is 24.3 Å². The summed E-state index contributed by atoms with van der Waals surface area (Å²) < 4.78 is 32.4. The predicted octanol–water partition coefficient (Wildman–Crippen LogP) is 2.16. The van der Waals surface area contributed by atoms with Crippen LogP contribution >= 0.6 is 0 Å². The highest BCUT2D eigenvalue weighted by atomic mass is 32.2. The highest BCUT2D eigenvalue weighted by Crippen LogP contribution is 2.22. The van der Waals surface area contributed by atoms with Gasteiger partial charge < -0.3 is 9.73 Å². The topological polar surface area (TPSA) is 105 Å². The molecule has 4 rings (SSSR count). The average molecular weight is 398 g/mol. The zero-order valence-corrected chi connectivity index (χ0v) is 15.7. The Balaban J connectivity index is 1.44. The summed E-state index contributed by atoms with van der Waals surface area (Å²) in [4.78, 5) is 24.6. The minimum Gasteiger partial charge on any atom is -0.451 e.